The van der Waals surface area contributed by atoms with Gasteiger partial charge < -0.3 is 5.73 Å². The van der Waals surface area contributed by atoms with Gasteiger partial charge in [-0.05, 0) is 61.2 Å². The lowest BCUT2D eigenvalue weighted by Gasteiger charge is -2.29. The first kappa shape index (κ1) is 18.1. The highest BCUT2D eigenvalue weighted by Crippen LogP contribution is 2.23. The number of benzene rings is 2. The molecule has 3 rings (SSSR count). The van der Waals surface area contributed by atoms with Crippen LogP contribution in [-0.4, -0.2) is 33.0 Å². The van der Waals surface area contributed by atoms with E-state index in [1.54, 1.807) is 24.3 Å². The molecule has 0 saturated carbocycles. The molecule has 2 aromatic carbocycles. The first-order chi connectivity index (χ1) is 12.1. The van der Waals surface area contributed by atoms with Crippen LogP contribution in [0.15, 0.2) is 53.4 Å². The Kier molecular flexibility index (Phi) is 5.89. The fourth-order valence-electron chi connectivity index (χ4n) is 3.36. The maximum absolute atomic E-state index is 12.6. The van der Waals surface area contributed by atoms with Crippen LogP contribution in [0.3, 0.4) is 0 Å². The average molecular weight is 359 g/mol. The Balaban J connectivity index is 1.72. The average Bonchev–Trinajstić information content (AvgIpc) is 2.62. The molecule has 1 aliphatic heterocycles. The van der Waals surface area contributed by atoms with Crippen molar-refractivity contribution in [1.29, 1.82) is 0 Å². The first-order valence-electron chi connectivity index (χ1n) is 8.89. The summed E-state index contributed by atoms with van der Waals surface area (Å²) < 4.78 is 25.2. The van der Waals surface area contributed by atoms with Gasteiger partial charge in [-0.25, -0.2) is 8.42 Å². The molecule has 0 saturated heterocycles. The number of sulfone groups is 1. The van der Waals surface area contributed by atoms with Crippen LogP contribution < -0.4 is 5.73 Å². The zero-order chi connectivity index (χ0) is 17.7. The van der Waals surface area contributed by atoms with Crippen LogP contribution in [0, 0.1) is 0 Å². The van der Waals surface area contributed by atoms with E-state index in [2.05, 4.69) is 17.0 Å². The third-order valence-corrected chi connectivity index (χ3v) is 6.45. The molecule has 0 unspecified atom stereocenters. The van der Waals surface area contributed by atoms with Crippen LogP contribution in [0.5, 0.6) is 0 Å². The Morgan fingerprint density at radius 3 is 2.56 bits per heavy atom. The maximum atomic E-state index is 12.6. The fraction of sp³-hybridized carbons (Fsp3) is 0.400. The second-order valence-electron chi connectivity index (χ2n) is 6.70. The number of hydrogen-bond donors (Lipinski definition) is 1. The minimum absolute atomic E-state index is 0.0530. The molecule has 0 amide bonds. The third-order valence-electron chi connectivity index (χ3n) is 4.75. The van der Waals surface area contributed by atoms with Crippen molar-refractivity contribution in [3.8, 4) is 0 Å². The van der Waals surface area contributed by atoms with E-state index in [9.17, 15) is 8.42 Å². The molecule has 0 aromatic heterocycles. The van der Waals surface area contributed by atoms with Gasteiger partial charge in [-0.15, -0.1) is 0 Å². The van der Waals surface area contributed by atoms with E-state index in [-0.39, 0.29) is 5.75 Å². The van der Waals surface area contributed by atoms with Crippen molar-refractivity contribution in [3.05, 3.63) is 65.2 Å². The van der Waals surface area contributed by atoms with Gasteiger partial charge in [-0.1, -0.05) is 36.4 Å². The molecular formula is C20H26N2O2S. The van der Waals surface area contributed by atoms with Gasteiger partial charge in [0.25, 0.3) is 0 Å². The largest absolute Gasteiger partial charge is 0.330 e. The monoisotopic (exact) mass is 358 g/mol. The summed E-state index contributed by atoms with van der Waals surface area (Å²) in [6.07, 6.45) is 3.20. The molecule has 1 aliphatic rings. The van der Waals surface area contributed by atoms with Gasteiger partial charge in [-0.2, -0.15) is 0 Å². The van der Waals surface area contributed by atoms with E-state index in [0.717, 1.165) is 51.0 Å². The number of unbranched alkanes of at least 4 members (excludes halogenated alkanes) is 1. The smallest absolute Gasteiger partial charge is 0.182 e. The molecular weight excluding hydrogens is 332 g/mol. The SMILES string of the molecule is NCCCCN1CCc2ccc(CS(=O)(=O)c3ccccc3)cc2C1. The highest BCUT2D eigenvalue weighted by Gasteiger charge is 2.19. The number of nitrogens with zero attached hydrogens (tertiary/aromatic N) is 1. The molecule has 5 heteroatoms. The summed E-state index contributed by atoms with van der Waals surface area (Å²) in [6, 6.07) is 14.8. The molecule has 0 radical (unpaired) electrons. The summed E-state index contributed by atoms with van der Waals surface area (Å²) in [5.41, 5.74) is 9.05. The van der Waals surface area contributed by atoms with Gasteiger partial charge in [0.05, 0.1) is 10.6 Å². The minimum atomic E-state index is -3.30. The van der Waals surface area contributed by atoms with E-state index >= 15 is 0 Å². The summed E-state index contributed by atoms with van der Waals surface area (Å²) in [7, 11) is -3.30. The summed E-state index contributed by atoms with van der Waals surface area (Å²) in [6.45, 7) is 3.77. The lowest BCUT2D eigenvalue weighted by atomic mass is 9.97. The van der Waals surface area contributed by atoms with E-state index in [1.165, 1.54) is 11.1 Å². The predicted molar refractivity (Wildman–Crippen MR) is 101 cm³/mol. The molecule has 0 aliphatic carbocycles. The van der Waals surface area contributed by atoms with Crippen molar-refractivity contribution in [1.82, 2.24) is 4.90 Å². The van der Waals surface area contributed by atoms with Crippen LogP contribution >= 0.6 is 0 Å². The van der Waals surface area contributed by atoms with Gasteiger partial charge in [0.15, 0.2) is 9.84 Å². The Morgan fingerprint density at radius 1 is 1.00 bits per heavy atom. The first-order valence-corrected chi connectivity index (χ1v) is 10.5. The predicted octanol–water partition coefficient (Wildman–Crippen LogP) is 2.76. The fourth-order valence-corrected chi connectivity index (χ4v) is 4.72. The lowest BCUT2D eigenvalue weighted by molar-refractivity contribution is 0.249. The molecule has 134 valence electrons. The summed E-state index contributed by atoms with van der Waals surface area (Å²) in [5.74, 6) is 0.0530. The number of rotatable bonds is 7. The van der Waals surface area contributed by atoms with E-state index in [4.69, 9.17) is 5.73 Å². The minimum Gasteiger partial charge on any atom is -0.330 e. The van der Waals surface area contributed by atoms with Gasteiger partial charge in [0, 0.05) is 13.1 Å². The summed E-state index contributed by atoms with van der Waals surface area (Å²) in [5, 5.41) is 0. The van der Waals surface area contributed by atoms with Crippen LogP contribution in [0.1, 0.15) is 29.5 Å². The molecule has 0 spiro atoms. The van der Waals surface area contributed by atoms with Crippen LogP contribution in [-0.2, 0) is 28.6 Å². The summed E-state index contributed by atoms with van der Waals surface area (Å²) >= 11 is 0. The van der Waals surface area contributed by atoms with Gasteiger partial charge >= 0.3 is 0 Å². The second-order valence-corrected chi connectivity index (χ2v) is 8.69. The Labute approximate surface area is 150 Å². The maximum Gasteiger partial charge on any atom is 0.182 e. The Morgan fingerprint density at radius 2 is 1.80 bits per heavy atom. The number of nitrogens with two attached hydrogens (primary N) is 1. The lowest BCUT2D eigenvalue weighted by Crippen LogP contribution is -2.31. The topological polar surface area (TPSA) is 63.4 Å². The molecule has 25 heavy (non-hydrogen) atoms. The van der Waals surface area contributed by atoms with Gasteiger partial charge in [0.1, 0.15) is 0 Å². The van der Waals surface area contributed by atoms with E-state index in [0.29, 0.717) is 4.90 Å². The molecule has 1 heterocycles. The Hall–Kier alpha value is -1.69. The molecule has 2 N–H and O–H groups in total. The zero-order valence-electron chi connectivity index (χ0n) is 14.5. The van der Waals surface area contributed by atoms with Crippen molar-refractivity contribution in [3.63, 3.8) is 0 Å². The Bertz CT molecular complexity index is 804. The van der Waals surface area contributed by atoms with E-state index < -0.39 is 9.84 Å². The van der Waals surface area contributed by atoms with Gasteiger partial charge in [-0.3, -0.25) is 4.90 Å². The molecule has 0 bridgehead atoms. The van der Waals surface area contributed by atoms with Crippen molar-refractivity contribution in [2.45, 2.75) is 36.5 Å². The van der Waals surface area contributed by atoms with Crippen LogP contribution in [0.25, 0.3) is 0 Å². The number of fused-ring (bicyclic) bond motifs is 1. The normalized spacial score (nSPS) is 15.1. The quantitative estimate of drug-likeness (QED) is 0.773. The molecule has 0 atom stereocenters. The van der Waals surface area contributed by atoms with Crippen LogP contribution in [0.4, 0.5) is 0 Å². The molecule has 2 aromatic rings. The van der Waals surface area contributed by atoms with Crippen molar-refractivity contribution < 1.29 is 8.42 Å². The van der Waals surface area contributed by atoms with Crippen molar-refractivity contribution in [2.75, 3.05) is 19.6 Å². The van der Waals surface area contributed by atoms with Crippen molar-refractivity contribution >= 4 is 9.84 Å². The van der Waals surface area contributed by atoms with E-state index in [1.807, 2.05) is 12.1 Å². The second kappa shape index (κ2) is 8.13. The van der Waals surface area contributed by atoms with Crippen LogP contribution in [0.2, 0.25) is 0 Å². The number of hydrogen-bond acceptors (Lipinski definition) is 4. The molecule has 4 nitrogen and oxygen atoms in total. The van der Waals surface area contributed by atoms with Crippen molar-refractivity contribution in [2.24, 2.45) is 5.73 Å². The van der Waals surface area contributed by atoms with Gasteiger partial charge in [0.2, 0.25) is 0 Å². The molecule has 0 fully saturated rings. The summed E-state index contributed by atoms with van der Waals surface area (Å²) in [4.78, 5) is 2.82. The highest BCUT2D eigenvalue weighted by molar-refractivity contribution is 7.90. The third kappa shape index (κ3) is 4.69. The standard InChI is InChI=1S/C20H26N2O2S/c21-11-4-5-12-22-13-10-18-9-8-17(14-19(18)15-22)16-25(23,24)20-6-2-1-3-7-20/h1-3,6-9,14H,4-5,10-13,15-16,21H2. The highest BCUT2D eigenvalue weighted by atomic mass is 32.2. The zero-order valence-corrected chi connectivity index (χ0v) is 15.3.